The fraction of sp³-hybridized carbons (Fsp3) is 0.818. The Bertz CT molecular complexity index is 282. The van der Waals surface area contributed by atoms with Gasteiger partial charge in [0.05, 0.1) is 0 Å². The van der Waals surface area contributed by atoms with E-state index >= 15 is 0 Å². The van der Waals surface area contributed by atoms with Gasteiger partial charge < -0.3 is 0 Å². The van der Waals surface area contributed by atoms with E-state index in [0.717, 1.165) is 25.2 Å². The minimum absolute atomic E-state index is 0.0246. The normalized spacial score (nSPS) is 48.3. The van der Waals surface area contributed by atoms with Crippen LogP contribution in [-0.2, 0) is 9.59 Å². The van der Waals surface area contributed by atoms with Crippen LogP contribution in [-0.4, -0.2) is 11.6 Å². The zero-order valence-electron chi connectivity index (χ0n) is 7.66. The summed E-state index contributed by atoms with van der Waals surface area (Å²) < 4.78 is 0. The smallest absolute Gasteiger partial charge is 0.202 e. The van der Waals surface area contributed by atoms with E-state index in [1.807, 2.05) is 0 Å². The Labute approximate surface area is 77.7 Å². The number of hydrogen-bond acceptors (Lipinski definition) is 2. The summed E-state index contributed by atoms with van der Waals surface area (Å²) in [6.07, 6.45) is 5.43. The average Bonchev–Trinajstić information content (AvgIpc) is 2.39. The van der Waals surface area contributed by atoms with E-state index in [-0.39, 0.29) is 23.4 Å². The number of rotatable bonds is 0. The van der Waals surface area contributed by atoms with Crippen molar-refractivity contribution >= 4 is 11.6 Å². The van der Waals surface area contributed by atoms with Crippen molar-refractivity contribution in [2.24, 2.45) is 23.7 Å². The highest BCUT2D eigenvalue weighted by Crippen LogP contribution is 2.50. The second-order valence-electron chi connectivity index (χ2n) is 4.94. The van der Waals surface area contributed by atoms with Crippen LogP contribution >= 0.6 is 0 Å². The molecule has 3 fully saturated rings. The number of hydrogen-bond donors (Lipinski definition) is 0. The first-order valence-electron chi connectivity index (χ1n) is 5.33. The Kier molecular flexibility index (Phi) is 1.44. The summed E-state index contributed by atoms with van der Waals surface area (Å²) in [6, 6.07) is 0. The molecule has 0 N–H and O–H groups in total. The number of fused-ring (bicyclic) bond motifs is 2. The lowest BCUT2D eigenvalue weighted by Crippen LogP contribution is -2.39. The molecular weight excluding hydrogens is 164 g/mol. The highest BCUT2D eigenvalue weighted by molar-refractivity contribution is 6.39. The zero-order chi connectivity index (χ0) is 9.00. The first kappa shape index (κ1) is 7.72. The van der Waals surface area contributed by atoms with Crippen molar-refractivity contribution in [1.82, 2.24) is 0 Å². The number of carbonyl (C=O) groups excluding carboxylic acids is 2. The van der Waals surface area contributed by atoms with Crippen molar-refractivity contribution in [3.8, 4) is 0 Å². The average molecular weight is 178 g/mol. The molecule has 3 bridgehead atoms. The molecule has 0 aromatic rings. The second kappa shape index (κ2) is 2.43. The summed E-state index contributed by atoms with van der Waals surface area (Å²) in [5.74, 6) is 1.51. The molecule has 3 rings (SSSR count). The fourth-order valence-corrected chi connectivity index (χ4v) is 3.60. The first-order valence-corrected chi connectivity index (χ1v) is 5.33. The van der Waals surface area contributed by atoms with Crippen LogP contribution in [0.4, 0.5) is 0 Å². The van der Waals surface area contributed by atoms with E-state index in [1.165, 1.54) is 12.8 Å². The first-order chi connectivity index (χ1) is 6.25. The highest BCUT2D eigenvalue weighted by Gasteiger charge is 2.49. The Morgan fingerprint density at radius 2 is 1.77 bits per heavy atom. The van der Waals surface area contributed by atoms with Crippen LogP contribution in [0.1, 0.15) is 32.1 Å². The predicted octanol–water partition coefficient (Wildman–Crippen LogP) is 1.58. The van der Waals surface area contributed by atoms with E-state index in [4.69, 9.17) is 0 Å². The van der Waals surface area contributed by atoms with Crippen molar-refractivity contribution in [2.45, 2.75) is 32.1 Å². The summed E-state index contributed by atoms with van der Waals surface area (Å²) in [5, 5.41) is 0. The summed E-state index contributed by atoms with van der Waals surface area (Å²) in [4.78, 5) is 23.2. The van der Waals surface area contributed by atoms with Crippen LogP contribution in [0, 0.1) is 23.7 Å². The van der Waals surface area contributed by atoms with Gasteiger partial charge in [0.25, 0.3) is 0 Å². The molecule has 2 nitrogen and oxygen atoms in total. The molecule has 4 atom stereocenters. The third-order valence-corrected chi connectivity index (χ3v) is 4.25. The van der Waals surface area contributed by atoms with E-state index < -0.39 is 0 Å². The second-order valence-corrected chi connectivity index (χ2v) is 4.94. The molecule has 3 aliphatic carbocycles. The van der Waals surface area contributed by atoms with Gasteiger partial charge in [-0.1, -0.05) is 0 Å². The van der Waals surface area contributed by atoms with Gasteiger partial charge in [-0.05, 0) is 43.9 Å². The van der Waals surface area contributed by atoms with Crippen molar-refractivity contribution < 1.29 is 9.59 Å². The highest BCUT2D eigenvalue weighted by atomic mass is 16.2. The molecule has 0 aromatic carbocycles. The van der Waals surface area contributed by atoms with Crippen molar-refractivity contribution in [3.05, 3.63) is 0 Å². The molecule has 0 spiro atoms. The van der Waals surface area contributed by atoms with Crippen LogP contribution in [0.5, 0.6) is 0 Å². The largest absolute Gasteiger partial charge is 0.291 e. The maximum absolute atomic E-state index is 11.6. The minimum Gasteiger partial charge on any atom is -0.291 e. The molecule has 0 unspecified atom stereocenters. The third kappa shape index (κ3) is 0.946. The summed E-state index contributed by atoms with van der Waals surface area (Å²) in [5.41, 5.74) is 0. The lowest BCUT2D eigenvalue weighted by atomic mass is 9.72. The maximum Gasteiger partial charge on any atom is 0.202 e. The molecule has 2 heteroatoms. The third-order valence-electron chi connectivity index (χ3n) is 4.25. The predicted molar refractivity (Wildman–Crippen MR) is 47.1 cm³/mol. The zero-order valence-corrected chi connectivity index (χ0v) is 7.66. The molecule has 13 heavy (non-hydrogen) atoms. The Balaban J connectivity index is 2.01. The van der Waals surface area contributed by atoms with Gasteiger partial charge in [0, 0.05) is 11.8 Å². The molecule has 0 radical (unpaired) electrons. The lowest BCUT2D eigenvalue weighted by molar-refractivity contribution is -0.145. The summed E-state index contributed by atoms with van der Waals surface area (Å²) in [6.45, 7) is 0. The quantitative estimate of drug-likeness (QED) is 0.528. The molecule has 0 amide bonds. The topological polar surface area (TPSA) is 34.1 Å². The fourth-order valence-electron chi connectivity index (χ4n) is 3.60. The molecule has 70 valence electrons. The van der Waals surface area contributed by atoms with Crippen molar-refractivity contribution in [3.63, 3.8) is 0 Å². The molecule has 0 aliphatic heterocycles. The molecular formula is C11H14O2. The van der Waals surface area contributed by atoms with Crippen LogP contribution < -0.4 is 0 Å². The standard InChI is InChI=1S/C11H14O2/c12-10-7-2-1-6-3-8(5-7)9(4-6)11(10)13/h6-9H,1-5H2/t6-,7+,8-,9+/m0/s1. The van der Waals surface area contributed by atoms with Gasteiger partial charge in [-0.25, -0.2) is 0 Å². The number of ketones is 2. The lowest BCUT2D eigenvalue weighted by Gasteiger charge is -2.29. The Hall–Kier alpha value is -0.660. The monoisotopic (exact) mass is 178 g/mol. The van der Waals surface area contributed by atoms with E-state index in [0.29, 0.717) is 5.92 Å². The van der Waals surface area contributed by atoms with Crippen molar-refractivity contribution in [1.29, 1.82) is 0 Å². The molecule has 0 heterocycles. The van der Waals surface area contributed by atoms with Gasteiger partial charge in [0.1, 0.15) is 0 Å². The van der Waals surface area contributed by atoms with Crippen LogP contribution in [0.15, 0.2) is 0 Å². The van der Waals surface area contributed by atoms with E-state index in [1.54, 1.807) is 0 Å². The van der Waals surface area contributed by atoms with Gasteiger partial charge in [0.2, 0.25) is 11.6 Å². The molecule has 0 saturated heterocycles. The Morgan fingerprint density at radius 3 is 2.62 bits per heavy atom. The molecule has 3 saturated carbocycles. The van der Waals surface area contributed by atoms with Crippen LogP contribution in [0.2, 0.25) is 0 Å². The minimum atomic E-state index is -0.0402. The van der Waals surface area contributed by atoms with Crippen molar-refractivity contribution in [2.75, 3.05) is 0 Å². The van der Waals surface area contributed by atoms with Gasteiger partial charge in [0.15, 0.2) is 0 Å². The molecule has 3 aliphatic rings. The van der Waals surface area contributed by atoms with Crippen LogP contribution in [0.3, 0.4) is 0 Å². The van der Waals surface area contributed by atoms with Crippen LogP contribution in [0.25, 0.3) is 0 Å². The van der Waals surface area contributed by atoms with E-state index in [2.05, 4.69) is 0 Å². The summed E-state index contributed by atoms with van der Waals surface area (Å²) >= 11 is 0. The van der Waals surface area contributed by atoms with Gasteiger partial charge >= 0.3 is 0 Å². The Morgan fingerprint density at radius 1 is 0.923 bits per heavy atom. The van der Waals surface area contributed by atoms with Gasteiger partial charge in [-0.3, -0.25) is 9.59 Å². The SMILES string of the molecule is O=C1C(=O)[C@@H]2C[C@H]3CC[C@@H]1C[C@@H]2C3. The summed E-state index contributed by atoms with van der Waals surface area (Å²) in [7, 11) is 0. The number of carbonyl (C=O) groups is 2. The van der Waals surface area contributed by atoms with E-state index in [9.17, 15) is 9.59 Å². The van der Waals surface area contributed by atoms with Gasteiger partial charge in [-0.2, -0.15) is 0 Å². The molecule has 0 aromatic heterocycles. The maximum atomic E-state index is 11.6. The van der Waals surface area contributed by atoms with Gasteiger partial charge in [-0.15, -0.1) is 0 Å². The number of Topliss-reactive ketones (excluding diaryl/α,β-unsaturated/α-hetero) is 2.